The third-order valence-electron chi connectivity index (χ3n) is 6.15. The minimum Gasteiger partial charge on any atom is -0.305 e. The standard InChI is InChI=1S/C23H28BrF2N3/c1-28-13-14-29(21(16-28)17-7-3-2-4-8-17)12-6-11-27-22-18-9-5-10-20(24)19(18)15-23(22,25)26/h2-5,7-10,21-22,27H,6,11-16H2,1H3. The van der Waals surface area contributed by atoms with Gasteiger partial charge in [0.15, 0.2) is 0 Å². The zero-order valence-electron chi connectivity index (χ0n) is 16.8. The SMILES string of the molecule is CN1CCN(CCCNC2c3cccc(Br)c3CC2(F)F)C(c2ccccc2)C1. The monoisotopic (exact) mass is 463 g/mol. The summed E-state index contributed by atoms with van der Waals surface area (Å²) in [5.74, 6) is -2.74. The molecule has 1 fully saturated rings. The van der Waals surface area contributed by atoms with Crippen LogP contribution < -0.4 is 5.32 Å². The van der Waals surface area contributed by atoms with Gasteiger partial charge in [0, 0.05) is 43.1 Å². The van der Waals surface area contributed by atoms with Crippen LogP contribution in [0, 0.1) is 0 Å². The maximum absolute atomic E-state index is 14.6. The van der Waals surface area contributed by atoms with E-state index in [4.69, 9.17) is 0 Å². The molecule has 0 amide bonds. The van der Waals surface area contributed by atoms with Gasteiger partial charge in [0.1, 0.15) is 0 Å². The molecule has 2 aliphatic rings. The Morgan fingerprint density at radius 3 is 2.69 bits per heavy atom. The normalized spacial score (nSPS) is 24.6. The summed E-state index contributed by atoms with van der Waals surface area (Å²) in [5, 5.41) is 3.15. The molecule has 0 saturated carbocycles. The Morgan fingerprint density at radius 1 is 1.10 bits per heavy atom. The highest BCUT2D eigenvalue weighted by Crippen LogP contribution is 2.45. The Kier molecular flexibility index (Phi) is 6.35. The fourth-order valence-electron chi connectivity index (χ4n) is 4.60. The molecule has 2 aromatic carbocycles. The van der Waals surface area contributed by atoms with Crippen LogP contribution in [-0.4, -0.2) is 55.5 Å². The van der Waals surface area contributed by atoms with E-state index in [1.807, 2.05) is 24.3 Å². The van der Waals surface area contributed by atoms with Gasteiger partial charge >= 0.3 is 0 Å². The predicted octanol–water partition coefficient (Wildman–Crippen LogP) is 4.65. The molecule has 0 aromatic heterocycles. The first kappa shape index (κ1) is 20.9. The Balaban J connectivity index is 1.36. The van der Waals surface area contributed by atoms with E-state index in [0.29, 0.717) is 12.6 Å². The summed E-state index contributed by atoms with van der Waals surface area (Å²) in [7, 11) is 2.16. The second-order valence-electron chi connectivity index (χ2n) is 8.21. The minimum absolute atomic E-state index is 0.198. The number of alkyl halides is 2. The molecule has 1 heterocycles. The van der Waals surface area contributed by atoms with Crippen molar-refractivity contribution in [2.45, 2.75) is 30.8 Å². The zero-order chi connectivity index (χ0) is 20.4. The quantitative estimate of drug-likeness (QED) is 0.628. The first-order valence-electron chi connectivity index (χ1n) is 10.3. The molecule has 6 heteroatoms. The van der Waals surface area contributed by atoms with Crippen LogP contribution in [0.25, 0.3) is 0 Å². The second-order valence-corrected chi connectivity index (χ2v) is 9.07. The highest BCUT2D eigenvalue weighted by molar-refractivity contribution is 9.10. The summed E-state index contributed by atoms with van der Waals surface area (Å²) in [6.07, 6.45) is 0.652. The molecule has 3 nitrogen and oxygen atoms in total. The molecular weight excluding hydrogens is 436 g/mol. The lowest BCUT2D eigenvalue weighted by molar-refractivity contribution is -0.0260. The van der Waals surface area contributed by atoms with E-state index in [2.05, 4.69) is 62.4 Å². The van der Waals surface area contributed by atoms with E-state index in [9.17, 15) is 8.78 Å². The maximum Gasteiger partial charge on any atom is 0.271 e. The van der Waals surface area contributed by atoms with Crippen molar-refractivity contribution in [1.82, 2.24) is 15.1 Å². The highest BCUT2D eigenvalue weighted by Gasteiger charge is 2.47. The van der Waals surface area contributed by atoms with Gasteiger partial charge in [-0.1, -0.05) is 58.4 Å². The van der Waals surface area contributed by atoms with Gasteiger partial charge in [0.05, 0.1) is 6.04 Å². The lowest BCUT2D eigenvalue weighted by Crippen LogP contribution is -2.47. The van der Waals surface area contributed by atoms with Gasteiger partial charge in [-0.05, 0) is 42.8 Å². The summed E-state index contributed by atoms with van der Waals surface area (Å²) in [6, 6.07) is 15.6. The Bertz CT molecular complexity index is 830. The Labute approximate surface area is 180 Å². The lowest BCUT2D eigenvalue weighted by Gasteiger charge is -2.40. The van der Waals surface area contributed by atoms with Gasteiger partial charge in [0.25, 0.3) is 5.92 Å². The fourth-order valence-corrected chi connectivity index (χ4v) is 5.12. The first-order chi connectivity index (χ1) is 14.0. The van der Waals surface area contributed by atoms with Crippen molar-refractivity contribution < 1.29 is 8.78 Å². The van der Waals surface area contributed by atoms with Crippen molar-refractivity contribution in [1.29, 1.82) is 0 Å². The molecule has 4 rings (SSSR count). The number of halogens is 3. The number of piperazine rings is 1. The van der Waals surface area contributed by atoms with Crippen LogP contribution in [0.5, 0.6) is 0 Å². The number of benzene rings is 2. The molecule has 29 heavy (non-hydrogen) atoms. The van der Waals surface area contributed by atoms with Crippen LogP contribution in [0.2, 0.25) is 0 Å². The smallest absolute Gasteiger partial charge is 0.271 e. The minimum atomic E-state index is -2.74. The van der Waals surface area contributed by atoms with Crippen molar-refractivity contribution in [3.8, 4) is 0 Å². The number of fused-ring (bicyclic) bond motifs is 1. The number of likely N-dealkylation sites (N-methyl/N-ethyl adjacent to an activating group) is 1. The van der Waals surface area contributed by atoms with E-state index in [0.717, 1.165) is 48.2 Å². The summed E-state index contributed by atoms with van der Waals surface area (Å²) in [6.45, 7) is 4.54. The van der Waals surface area contributed by atoms with Crippen LogP contribution >= 0.6 is 15.9 Å². The highest BCUT2D eigenvalue weighted by atomic mass is 79.9. The summed E-state index contributed by atoms with van der Waals surface area (Å²) >= 11 is 3.42. The van der Waals surface area contributed by atoms with E-state index < -0.39 is 12.0 Å². The first-order valence-corrected chi connectivity index (χ1v) is 11.1. The Morgan fingerprint density at radius 2 is 1.90 bits per heavy atom. The van der Waals surface area contributed by atoms with E-state index in [-0.39, 0.29) is 6.42 Å². The molecule has 0 spiro atoms. The fraction of sp³-hybridized carbons (Fsp3) is 0.478. The second kappa shape index (κ2) is 8.80. The predicted molar refractivity (Wildman–Crippen MR) is 116 cm³/mol. The molecule has 1 aliphatic heterocycles. The van der Waals surface area contributed by atoms with E-state index in [1.54, 1.807) is 0 Å². The third-order valence-corrected chi connectivity index (χ3v) is 6.89. The molecule has 2 atom stereocenters. The molecule has 2 aromatic rings. The van der Waals surface area contributed by atoms with Crippen molar-refractivity contribution >= 4 is 15.9 Å². The number of rotatable bonds is 6. The number of hydrogen-bond acceptors (Lipinski definition) is 3. The van der Waals surface area contributed by atoms with Gasteiger partial charge in [-0.25, -0.2) is 8.78 Å². The van der Waals surface area contributed by atoms with Crippen LogP contribution in [-0.2, 0) is 6.42 Å². The van der Waals surface area contributed by atoms with E-state index in [1.165, 1.54) is 5.56 Å². The molecule has 1 N–H and O–H groups in total. The van der Waals surface area contributed by atoms with Crippen molar-refractivity contribution in [2.24, 2.45) is 0 Å². The van der Waals surface area contributed by atoms with Gasteiger partial charge in [-0.3, -0.25) is 4.90 Å². The Hall–Kier alpha value is -1.34. The van der Waals surface area contributed by atoms with Crippen molar-refractivity contribution in [2.75, 3.05) is 39.8 Å². The van der Waals surface area contributed by atoms with Crippen molar-refractivity contribution in [3.63, 3.8) is 0 Å². The maximum atomic E-state index is 14.6. The average Bonchev–Trinajstić information content (AvgIpc) is 2.98. The zero-order valence-corrected chi connectivity index (χ0v) is 18.3. The summed E-state index contributed by atoms with van der Waals surface area (Å²) < 4.78 is 30.0. The molecule has 2 unspecified atom stereocenters. The average molecular weight is 464 g/mol. The summed E-state index contributed by atoms with van der Waals surface area (Å²) in [5.41, 5.74) is 2.79. The van der Waals surface area contributed by atoms with Crippen molar-refractivity contribution in [3.05, 3.63) is 69.7 Å². The van der Waals surface area contributed by atoms with Crippen LogP contribution in [0.15, 0.2) is 53.0 Å². The number of hydrogen-bond donors (Lipinski definition) is 1. The largest absolute Gasteiger partial charge is 0.305 e. The molecule has 0 bridgehead atoms. The van der Waals surface area contributed by atoms with Crippen LogP contribution in [0.1, 0.15) is 35.2 Å². The molecular formula is C23H28BrF2N3. The van der Waals surface area contributed by atoms with E-state index >= 15 is 0 Å². The molecule has 1 saturated heterocycles. The lowest BCUT2D eigenvalue weighted by atomic mass is 10.0. The molecule has 0 radical (unpaired) electrons. The summed E-state index contributed by atoms with van der Waals surface area (Å²) in [4.78, 5) is 4.86. The number of nitrogens with zero attached hydrogens (tertiary/aromatic N) is 2. The number of nitrogens with one attached hydrogen (secondary N) is 1. The molecule has 156 valence electrons. The van der Waals surface area contributed by atoms with Crippen LogP contribution in [0.3, 0.4) is 0 Å². The van der Waals surface area contributed by atoms with Gasteiger partial charge in [-0.15, -0.1) is 0 Å². The third kappa shape index (κ3) is 4.55. The van der Waals surface area contributed by atoms with Gasteiger partial charge < -0.3 is 10.2 Å². The molecule has 1 aliphatic carbocycles. The van der Waals surface area contributed by atoms with Crippen LogP contribution in [0.4, 0.5) is 8.78 Å². The topological polar surface area (TPSA) is 18.5 Å². The van der Waals surface area contributed by atoms with Gasteiger partial charge in [-0.2, -0.15) is 0 Å². The van der Waals surface area contributed by atoms with Gasteiger partial charge in [0.2, 0.25) is 0 Å².